The Bertz CT molecular complexity index is 1200. The number of hydrogen-bond donors (Lipinski definition) is 1. The third-order valence-corrected chi connectivity index (χ3v) is 5.49. The SMILES string of the molecule is Cc1nc(C(=O)N2CCCN(c3nc4ccccc4[nH]3)CC2)nn1-c1ccc(F)cc1. The summed E-state index contributed by atoms with van der Waals surface area (Å²) in [7, 11) is 0. The zero-order valence-corrected chi connectivity index (χ0v) is 17.1. The summed E-state index contributed by atoms with van der Waals surface area (Å²) in [6.07, 6.45) is 0.820. The number of rotatable bonds is 3. The molecule has 1 N–H and O–H groups in total. The molecule has 2 aromatic heterocycles. The van der Waals surface area contributed by atoms with Crippen LogP contribution in [0.4, 0.5) is 10.3 Å². The van der Waals surface area contributed by atoms with Crippen molar-refractivity contribution < 1.29 is 9.18 Å². The van der Waals surface area contributed by atoms with Crippen LogP contribution in [0.15, 0.2) is 48.5 Å². The third kappa shape index (κ3) is 3.74. The Balaban J connectivity index is 1.31. The lowest BCUT2D eigenvalue weighted by molar-refractivity contribution is 0.0754. The number of carbonyl (C=O) groups excluding carboxylic acids is 1. The lowest BCUT2D eigenvalue weighted by Gasteiger charge is -2.20. The van der Waals surface area contributed by atoms with Gasteiger partial charge in [0.2, 0.25) is 11.8 Å². The van der Waals surface area contributed by atoms with Crippen molar-refractivity contribution in [2.45, 2.75) is 13.3 Å². The summed E-state index contributed by atoms with van der Waals surface area (Å²) in [5.41, 5.74) is 2.60. The number of aryl methyl sites for hydroxylation is 1. The number of anilines is 1. The Labute approximate surface area is 178 Å². The monoisotopic (exact) mass is 419 g/mol. The van der Waals surface area contributed by atoms with Gasteiger partial charge in [0, 0.05) is 26.2 Å². The van der Waals surface area contributed by atoms with Crippen LogP contribution in [0.1, 0.15) is 22.9 Å². The van der Waals surface area contributed by atoms with Crippen LogP contribution in [0.3, 0.4) is 0 Å². The topological polar surface area (TPSA) is 82.9 Å². The van der Waals surface area contributed by atoms with Crippen LogP contribution in [0, 0.1) is 12.7 Å². The predicted molar refractivity (Wildman–Crippen MR) is 115 cm³/mol. The molecule has 0 atom stereocenters. The van der Waals surface area contributed by atoms with Crippen molar-refractivity contribution >= 4 is 22.9 Å². The Morgan fingerprint density at radius 1 is 1.00 bits per heavy atom. The van der Waals surface area contributed by atoms with E-state index in [2.05, 4.69) is 25.0 Å². The number of para-hydroxylation sites is 2. The normalized spacial score (nSPS) is 14.8. The quantitative estimate of drug-likeness (QED) is 0.552. The molecule has 4 aromatic rings. The number of imidazole rings is 1. The summed E-state index contributed by atoms with van der Waals surface area (Å²) in [5.74, 6) is 1.03. The van der Waals surface area contributed by atoms with E-state index in [-0.39, 0.29) is 17.5 Å². The van der Waals surface area contributed by atoms with Gasteiger partial charge in [-0.1, -0.05) is 12.1 Å². The van der Waals surface area contributed by atoms with Crippen molar-refractivity contribution in [1.29, 1.82) is 0 Å². The van der Waals surface area contributed by atoms with E-state index in [1.807, 2.05) is 24.3 Å². The Kier molecular flexibility index (Phi) is 4.85. The van der Waals surface area contributed by atoms with Gasteiger partial charge < -0.3 is 14.8 Å². The molecule has 8 nitrogen and oxygen atoms in total. The summed E-state index contributed by atoms with van der Waals surface area (Å²) in [4.78, 5) is 29.4. The first-order valence-corrected chi connectivity index (χ1v) is 10.3. The van der Waals surface area contributed by atoms with Crippen LogP contribution in [0.5, 0.6) is 0 Å². The van der Waals surface area contributed by atoms with Crippen LogP contribution >= 0.6 is 0 Å². The van der Waals surface area contributed by atoms with Gasteiger partial charge in [-0.15, -0.1) is 5.10 Å². The first kappa shape index (κ1) is 19.2. The fourth-order valence-corrected chi connectivity index (χ4v) is 3.87. The average Bonchev–Trinajstić information content (AvgIpc) is 3.29. The second kappa shape index (κ2) is 7.82. The molecule has 9 heteroatoms. The molecule has 5 rings (SSSR count). The van der Waals surface area contributed by atoms with E-state index < -0.39 is 0 Å². The first-order valence-electron chi connectivity index (χ1n) is 10.3. The molecule has 1 aliphatic rings. The smallest absolute Gasteiger partial charge is 0.293 e. The number of nitrogens with zero attached hydrogens (tertiary/aromatic N) is 6. The maximum absolute atomic E-state index is 13.2. The van der Waals surface area contributed by atoms with Crippen LogP contribution in [-0.2, 0) is 0 Å². The van der Waals surface area contributed by atoms with E-state index in [4.69, 9.17) is 0 Å². The highest BCUT2D eigenvalue weighted by Crippen LogP contribution is 2.19. The van der Waals surface area contributed by atoms with Crippen molar-refractivity contribution in [3.8, 4) is 5.69 Å². The molecule has 1 saturated heterocycles. The van der Waals surface area contributed by atoms with E-state index >= 15 is 0 Å². The summed E-state index contributed by atoms with van der Waals surface area (Å²) in [6, 6.07) is 13.9. The van der Waals surface area contributed by atoms with Crippen LogP contribution in [0.2, 0.25) is 0 Å². The average molecular weight is 419 g/mol. The predicted octanol–water partition coefficient (Wildman–Crippen LogP) is 2.94. The van der Waals surface area contributed by atoms with Gasteiger partial charge in [-0.3, -0.25) is 4.79 Å². The molecular formula is C22H22FN7O. The lowest BCUT2D eigenvalue weighted by Crippen LogP contribution is -2.36. The van der Waals surface area contributed by atoms with Crippen molar-refractivity contribution in [3.05, 3.63) is 66.0 Å². The highest BCUT2D eigenvalue weighted by molar-refractivity contribution is 5.90. The van der Waals surface area contributed by atoms with Gasteiger partial charge >= 0.3 is 0 Å². The van der Waals surface area contributed by atoms with Gasteiger partial charge in [-0.25, -0.2) is 19.0 Å². The largest absolute Gasteiger partial charge is 0.341 e. The Hall–Kier alpha value is -3.75. The van der Waals surface area contributed by atoms with Crippen LogP contribution < -0.4 is 4.90 Å². The molecule has 0 saturated carbocycles. The lowest BCUT2D eigenvalue weighted by atomic mass is 10.3. The highest BCUT2D eigenvalue weighted by Gasteiger charge is 2.25. The molecule has 158 valence electrons. The van der Waals surface area contributed by atoms with Gasteiger partial charge in [-0.2, -0.15) is 0 Å². The number of H-pyrrole nitrogens is 1. The third-order valence-electron chi connectivity index (χ3n) is 5.49. The van der Waals surface area contributed by atoms with Crippen molar-refractivity contribution in [1.82, 2.24) is 29.6 Å². The van der Waals surface area contributed by atoms with E-state index in [1.54, 1.807) is 28.6 Å². The molecular weight excluding hydrogens is 397 g/mol. The van der Waals surface area contributed by atoms with Crippen molar-refractivity contribution in [2.24, 2.45) is 0 Å². The molecule has 1 aliphatic heterocycles. The van der Waals surface area contributed by atoms with Crippen molar-refractivity contribution in [2.75, 3.05) is 31.1 Å². The number of nitrogens with one attached hydrogen (secondary N) is 1. The minimum atomic E-state index is -0.323. The number of amides is 1. The molecule has 0 bridgehead atoms. The fraction of sp³-hybridized carbons (Fsp3) is 0.273. The zero-order valence-electron chi connectivity index (χ0n) is 17.1. The number of aromatic nitrogens is 5. The number of halogens is 1. The van der Waals surface area contributed by atoms with Gasteiger partial charge in [0.15, 0.2) is 0 Å². The minimum absolute atomic E-state index is 0.152. The molecule has 0 unspecified atom stereocenters. The van der Waals surface area contributed by atoms with Crippen LogP contribution in [0.25, 0.3) is 16.7 Å². The summed E-state index contributed by atoms with van der Waals surface area (Å²) in [5, 5.41) is 4.38. The number of carbonyl (C=O) groups is 1. The Morgan fingerprint density at radius 3 is 2.61 bits per heavy atom. The molecule has 1 fully saturated rings. The first-order chi connectivity index (χ1) is 15.1. The van der Waals surface area contributed by atoms with E-state index in [0.717, 1.165) is 29.9 Å². The molecule has 1 amide bonds. The van der Waals surface area contributed by atoms with E-state index in [9.17, 15) is 9.18 Å². The minimum Gasteiger partial charge on any atom is -0.341 e. The standard InChI is InChI=1S/C22H22FN7O/c1-15-24-20(27-30(15)17-9-7-16(23)8-10-17)21(31)28-11-4-12-29(14-13-28)22-25-18-5-2-3-6-19(18)26-22/h2-3,5-10H,4,11-14H2,1H3,(H,25,26). The maximum Gasteiger partial charge on any atom is 0.293 e. The van der Waals surface area contributed by atoms with Gasteiger partial charge in [0.1, 0.15) is 11.6 Å². The number of fused-ring (bicyclic) bond motifs is 1. The summed E-state index contributed by atoms with van der Waals surface area (Å²) >= 11 is 0. The molecule has 0 radical (unpaired) electrons. The van der Waals surface area contributed by atoms with E-state index in [0.29, 0.717) is 31.1 Å². The van der Waals surface area contributed by atoms with Gasteiger partial charge in [0.25, 0.3) is 5.91 Å². The van der Waals surface area contributed by atoms with Gasteiger partial charge in [0.05, 0.1) is 16.7 Å². The molecule has 31 heavy (non-hydrogen) atoms. The maximum atomic E-state index is 13.2. The second-order valence-electron chi connectivity index (χ2n) is 7.58. The number of aromatic amines is 1. The van der Waals surface area contributed by atoms with Crippen molar-refractivity contribution in [3.63, 3.8) is 0 Å². The molecule has 0 spiro atoms. The number of hydrogen-bond acceptors (Lipinski definition) is 5. The van der Waals surface area contributed by atoms with Gasteiger partial charge in [-0.05, 0) is 49.7 Å². The second-order valence-corrected chi connectivity index (χ2v) is 7.58. The Morgan fingerprint density at radius 2 is 1.81 bits per heavy atom. The summed E-state index contributed by atoms with van der Waals surface area (Å²) < 4.78 is 14.8. The molecule has 0 aliphatic carbocycles. The zero-order chi connectivity index (χ0) is 21.4. The van der Waals surface area contributed by atoms with E-state index in [1.165, 1.54) is 12.1 Å². The summed E-state index contributed by atoms with van der Waals surface area (Å²) in [6.45, 7) is 4.43. The van der Waals surface area contributed by atoms with Crippen LogP contribution in [-0.4, -0.2) is 61.7 Å². The molecule has 3 heterocycles. The fourth-order valence-electron chi connectivity index (χ4n) is 3.87. The molecule has 2 aromatic carbocycles. The number of benzene rings is 2. The highest BCUT2D eigenvalue weighted by atomic mass is 19.1.